The Hall–Kier alpha value is -1.06. The number of benzene rings is 1. The molecule has 3 nitrogen and oxygen atoms in total. The lowest BCUT2D eigenvalue weighted by atomic mass is 10.1. The van der Waals surface area contributed by atoms with Crippen molar-refractivity contribution < 1.29 is 15.3 Å². The van der Waals surface area contributed by atoms with Gasteiger partial charge in [-0.05, 0) is 24.1 Å². The average Bonchev–Trinajstić information content (AvgIpc) is 2.04. The van der Waals surface area contributed by atoms with Crippen molar-refractivity contribution in [2.24, 2.45) is 0 Å². The predicted octanol–water partition coefficient (Wildman–Crippen LogP) is 0.756. The Kier molecular flexibility index (Phi) is 5.08. The van der Waals surface area contributed by atoms with Crippen molar-refractivity contribution in [1.82, 2.24) is 0 Å². The molecule has 0 atom stereocenters. The van der Waals surface area contributed by atoms with E-state index in [9.17, 15) is 0 Å². The van der Waals surface area contributed by atoms with Crippen LogP contribution in [0.4, 0.5) is 0 Å². The minimum absolute atomic E-state index is 0. The molecule has 3 N–H and O–H groups in total. The molecule has 1 aromatic rings. The Morgan fingerprint density at radius 3 is 2.33 bits per heavy atom. The molecule has 0 aliphatic rings. The zero-order chi connectivity index (χ0) is 8.10. The molecule has 0 aromatic heterocycles. The molecule has 1 rings (SSSR count). The van der Waals surface area contributed by atoms with Gasteiger partial charge in [0.1, 0.15) is 5.75 Å². The Labute approximate surface area is 71.9 Å². The molecule has 0 amide bonds. The van der Waals surface area contributed by atoms with Gasteiger partial charge in [-0.2, -0.15) is 0 Å². The first-order valence-corrected chi connectivity index (χ1v) is 3.60. The van der Waals surface area contributed by atoms with Gasteiger partial charge in [-0.15, -0.1) is 0 Å². The molecule has 12 heavy (non-hydrogen) atoms. The van der Waals surface area contributed by atoms with E-state index in [0.717, 1.165) is 13.0 Å². The summed E-state index contributed by atoms with van der Waals surface area (Å²) in [6.45, 7) is 0.727. The minimum atomic E-state index is 0. The van der Waals surface area contributed by atoms with Crippen molar-refractivity contribution in [3.05, 3.63) is 29.8 Å². The summed E-state index contributed by atoms with van der Waals surface area (Å²) < 4.78 is 4.91. The monoisotopic (exact) mass is 170 g/mol. The van der Waals surface area contributed by atoms with E-state index >= 15 is 0 Å². The van der Waals surface area contributed by atoms with E-state index in [4.69, 9.17) is 9.84 Å². The highest BCUT2D eigenvalue weighted by Crippen LogP contribution is 2.09. The average molecular weight is 170 g/mol. The zero-order valence-electron chi connectivity index (χ0n) is 7.08. The maximum atomic E-state index is 8.95. The number of ether oxygens (including phenoxy) is 1. The second-order valence-electron chi connectivity index (χ2n) is 2.41. The molecule has 0 saturated carbocycles. The van der Waals surface area contributed by atoms with Crippen LogP contribution in [0.15, 0.2) is 24.3 Å². The lowest BCUT2D eigenvalue weighted by Crippen LogP contribution is -1.93. The van der Waals surface area contributed by atoms with Crippen molar-refractivity contribution >= 4 is 0 Å². The van der Waals surface area contributed by atoms with Crippen molar-refractivity contribution in [3.63, 3.8) is 0 Å². The fraction of sp³-hybridized carbons (Fsp3) is 0.333. The number of aromatic hydroxyl groups is 1. The molecule has 0 bridgehead atoms. The van der Waals surface area contributed by atoms with Crippen LogP contribution in [0.1, 0.15) is 5.56 Å². The highest BCUT2D eigenvalue weighted by Gasteiger charge is 1.91. The van der Waals surface area contributed by atoms with E-state index < -0.39 is 0 Å². The topological polar surface area (TPSA) is 61.0 Å². The summed E-state index contributed by atoms with van der Waals surface area (Å²) >= 11 is 0. The third-order valence-electron chi connectivity index (χ3n) is 1.53. The lowest BCUT2D eigenvalue weighted by molar-refractivity contribution is 0.202. The van der Waals surface area contributed by atoms with Crippen molar-refractivity contribution in [2.75, 3.05) is 13.7 Å². The van der Waals surface area contributed by atoms with Crippen LogP contribution < -0.4 is 0 Å². The standard InChI is InChI=1S/C9H12O2.H2O/c1-11-7-6-8-2-4-9(10)5-3-8;/h2-5,10H,6-7H2,1H3;1H2. The van der Waals surface area contributed by atoms with Gasteiger partial charge in [-0.1, -0.05) is 12.1 Å². The molecule has 0 aliphatic heterocycles. The highest BCUT2D eigenvalue weighted by molar-refractivity contribution is 5.25. The first-order chi connectivity index (χ1) is 5.33. The first-order valence-electron chi connectivity index (χ1n) is 3.60. The van der Waals surface area contributed by atoms with Crippen LogP contribution in [0.3, 0.4) is 0 Å². The van der Waals surface area contributed by atoms with E-state index in [-0.39, 0.29) is 5.48 Å². The van der Waals surface area contributed by atoms with E-state index in [1.54, 1.807) is 19.2 Å². The second-order valence-corrected chi connectivity index (χ2v) is 2.41. The SMILES string of the molecule is COCCc1ccc(O)cc1.O. The van der Waals surface area contributed by atoms with Crippen LogP contribution >= 0.6 is 0 Å². The summed E-state index contributed by atoms with van der Waals surface area (Å²) in [5, 5.41) is 8.95. The molecule has 0 saturated heterocycles. The molecule has 0 fully saturated rings. The van der Waals surface area contributed by atoms with Crippen LogP contribution in [0.2, 0.25) is 0 Å². The number of hydrogen-bond donors (Lipinski definition) is 1. The van der Waals surface area contributed by atoms with Gasteiger partial charge in [-0.3, -0.25) is 0 Å². The van der Waals surface area contributed by atoms with Gasteiger partial charge in [0, 0.05) is 7.11 Å². The van der Waals surface area contributed by atoms with Gasteiger partial charge in [0.15, 0.2) is 0 Å². The Morgan fingerprint density at radius 1 is 1.25 bits per heavy atom. The smallest absolute Gasteiger partial charge is 0.115 e. The normalized spacial score (nSPS) is 9.08. The van der Waals surface area contributed by atoms with E-state index in [1.807, 2.05) is 12.1 Å². The minimum Gasteiger partial charge on any atom is -0.508 e. The van der Waals surface area contributed by atoms with E-state index in [1.165, 1.54) is 5.56 Å². The molecule has 0 heterocycles. The maximum absolute atomic E-state index is 8.95. The van der Waals surface area contributed by atoms with Gasteiger partial charge >= 0.3 is 0 Å². The number of rotatable bonds is 3. The largest absolute Gasteiger partial charge is 0.508 e. The predicted molar refractivity (Wildman–Crippen MR) is 47.3 cm³/mol. The molecule has 1 aromatic carbocycles. The number of phenols is 1. The summed E-state index contributed by atoms with van der Waals surface area (Å²) in [7, 11) is 1.68. The van der Waals surface area contributed by atoms with Crippen molar-refractivity contribution in [1.29, 1.82) is 0 Å². The fourth-order valence-corrected chi connectivity index (χ4v) is 0.883. The van der Waals surface area contributed by atoms with Gasteiger partial charge in [0.2, 0.25) is 0 Å². The Balaban J connectivity index is 0.00000121. The van der Waals surface area contributed by atoms with Crippen molar-refractivity contribution in [2.45, 2.75) is 6.42 Å². The quantitative estimate of drug-likeness (QED) is 0.727. The summed E-state index contributed by atoms with van der Waals surface area (Å²) in [6, 6.07) is 7.17. The molecule has 0 aliphatic carbocycles. The molecule has 0 radical (unpaired) electrons. The van der Waals surface area contributed by atoms with Gasteiger partial charge in [0.05, 0.1) is 6.61 Å². The van der Waals surface area contributed by atoms with Gasteiger partial charge in [0.25, 0.3) is 0 Å². The third-order valence-corrected chi connectivity index (χ3v) is 1.53. The zero-order valence-corrected chi connectivity index (χ0v) is 7.08. The van der Waals surface area contributed by atoms with Crippen LogP contribution in [-0.2, 0) is 11.2 Å². The molecular weight excluding hydrogens is 156 g/mol. The summed E-state index contributed by atoms with van der Waals surface area (Å²) in [4.78, 5) is 0. The molecule has 0 unspecified atom stereocenters. The van der Waals surface area contributed by atoms with Crippen LogP contribution in [0.25, 0.3) is 0 Å². The van der Waals surface area contributed by atoms with Gasteiger partial charge in [-0.25, -0.2) is 0 Å². The van der Waals surface area contributed by atoms with Crippen LogP contribution in [0.5, 0.6) is 5.75 Å². The first kappa shape index (κ1) is 10.9. The maximum Gasteiger partial charge on any atom is 0.115 e. The third kappa shape index (κ3) is 3.37. The van der Waals surface area contributed by atoms with Crippen LogP contribution in [0, 0.1) is 0 Å². The number of hydrogen-bond acceptors (Lipinski definition) is 2. The lowest BCUT2D eigenvalue weighted by Gasteiger charge is -1.99. The molecule has 68 valence electrons. The summed E-state index contributed by atoms with van der Waals surface area (Å²) in [5.74, 6) is 0.311. The highest BCUT2D eigenvalue weighted by atomic mass is 16.5. The van der Waals surface area contributed by atoms with E-state index in [0.29, 0.717) is 5.75 Å². The number of methoxy groups -OCH3 is 1. The fourth-order valence-electron chi connectivity index (χ4n) is 0.883. The van der Waals surface area contributed by atoms with Gasteiger partial charge < -0.3 is 15.3 Å². The Bertz CT molecular complexity index is 206. The van der Waals surface area contributed by atoms with E-state index in [2.05, 4.69) is 0 Å². The summed E-state index contributed by atoms with van der Waals surface area (Å²) in [6.07, 6.45) is 0.900. The Morgan fingerprint density at radius 2 is 1.83 bits per heavy atom. The second kappa shape index (κ2) is 5.57. The summed E-state index contributed by atoms with van der Waals surface area (Å²) in [5.41, 5.74) is 1.18. The molecule has 3 heteroatoms. The van der Waals surface area contributed by atoms with Crippen molar-refractivity contribution in [3.8, 4) is 5.75 Å². The van der Waals surface area contributed by atoms with Crippen LogP contribution in [-0.4, -0.2) is 24.3 Å². The molecule has 0 spiro atoms. The molecular formula is C9H14O3. The number of phenolic OH excluding ortho intramolecular Hbond substituents is 1.